The summed E-state index contributed by atoms with van der Waals surface area (Å²) in [6.45, 7) is 4.62. The van der Waals surface area contributed by atoms with E-state index >= 15 is 0 Å². The number of benzene rings is 1. The van der Waals surface area contributed by atoms with Crippen molar-refractivity contribution in [2.75, 3.05) is 6.61 Å². The maximum atomic E-state index is 12.1. The van der Waals surface area contributed by atoms with Crippen LogP contribution in [0.4, 0.5) is 0 Å². The lowest BCUT2D eigenvalue weighted by Gasteiger charge is -2.45. The number of hydrogen-bond donors (Lipinski definition) is 1. The number of amides is 1. The van der Waals surface area contributed by atoms with E-state index in [1.165, 1.54) is 37.9 Å². The van der Waals surface area contributed by atoms with Crippen LogP contribution in [0.25, 0.3) is 0 Å². The normalized spacial score (nSPS) is 23.1. The molecule has 2 aromatic rings. The number of nitrogens with zero attached hydrogens (tertiary/aromatic N) is 3. The van der Waals surface area contributed by atoms with Gasteiger partial charge in [-0.3, -0.25) is 19.2 Å². The van der Waals surface area contributed by atoms with Crippen molar-refractivity contribution in [2.45, 2.75) is 77.5 Å². The van der Waals surface area contributed by atoms with Crippen LogP contribution >= 0.6 is 0 Å². The second kappa shape index (κ2) is 12.9. The summed E-state index contributed by atoms with van der Waals surface area (Å²) in [6.07, 6.45) is -0.308. The first kappa shape index (κ1) is 27.8. The smallest absolute Gasteiger partial charge is 0.303 e. The molecule has 1 aromatic carbocycles. The minimum atomic E-state index is -1.16. The molecule has 1 amide bonds. The molecule has 200 valence electrons. The van der Waals surface area contributed by atoms with Gasteiger partial charge in [0, 0.05) is 27.7 Å². The highest BCUT2D eigenvalue weighted by molar-refractivity contribution is 5.73. The monoisotopic (exact) mass is 516 g/mol. The number of esters is 3. The molecule has 2 heterocycles. The number of ether oxygens (including phenoxy) is 4. The van der Waals surface area contributed by atoms with Crippen LogP contribution in [0.15, 0.2) is 36.5 Å². The Bertz CT molecular complexity index is 1090. The summed E-state index contributed by atoms with van der Waals surface area (Å²) in [6, 6.07) is 9.07. The maximum absolute atomic E-state index is 12.1. The SMILES string of the molecule is CC(=O)N[C@@H]1[C@@H](OC(C)=O)[C@H](OC(C)=O)[C@@H](COC(C)=O)O[C@H]1n1cc(CCCc2ccccc2)nn1. The molecule has 1 aliphatic heterocycles. The van der Waals surface area contributed by atoms with E-state index in [1.54, 1.807) is 6.20 Å². The fraction of sp³-hybridized carbons (Fsp3) is 0.520. The molecule has 1 N–H and O–H groups in total. The Morgan fingerprint density at radius 3 is 2.24 bits per heavy atom. The molecule has 12 nitrogen and oxygen atoms in total. The Morgan fingerprint density at radius 1 is 0.946 bits per heavy atom. The predicted molar refractivity (Wildman–Crippen MR) is 128 cm³/mol. The van der Waals surface area contributed by atoms with Crippen LogP contribution in [0.1, 0.15) is 51.6 Å². The molecule has 37 heavy (non-hydrogen) atoms. The van der Waals surface area contributed by atoms with Crippen molar-refractivity contribution in [2.24, 2.45) is 0 Å². The van der Waals surface area contributed by atoms with Gasteiger partial charge in [0.2, 0.25) is 5.91 Å². The second-order valence-corrected chi connectivity index (χ2v) is 8.77. The van der Waals surface area contributed by atoms with E-state index in [0.29, 0.717) is 12.1 Å². The summed E-state index contributed by atoms with van der Waals surface area (Å²) in [5.41, 5.74) is 1.91. The van der Waals surface area contributed by atoms with Gasteiger partial charge < -0.3 is 24.3 Å². The number of aromatic nitrogens is 3. The van der Waals surface area contributed by atoms with Crippen molar-refractivity contribution in [3.63, 3.8) is 0 Å². The van der Waals surface area contributed by atoms with Gasteiger partial charge in [-0.05, 0) is 24.8 Å². The van der Waals surface area contributed by atoms with Crippen molar-refractivity contribution in [3.05, 3.63) is 47.8 Å². The number of carbonyl (C=O) groups excluding carboxylic acids is 4. The van der Waals surface area contributed by atoms with Gasteiger partial charge in [0.05, 0.1) is 11.9 Å². The van der Waals surface area contributed by atoms with Crippen molar-refractivity contribution < 1.29 is 38.1 Å². The summed E-state index contributed by atoms with van der Waals surface area (Å²) >= 11 is 0. The zero-order valence-corrected chi connectivity index (χ0v) is 21.3. The summed E-state index contributed by atoms with van der Waals surface area (Å²) < 4.78 is 23.6. The van der Waals surface area contributed by atoms with Gasteiger partial charge in [-0.15, -0.1) is 5.10 Å². The van der Waals surface area contributed by atoms with Gasteiger partial charge >= 0.3 is 17.9 Å². The molecule has 0 spiro atoms. The van der Waals surface area contributed by atoms with Gasteiger partial charge in [-0.1, -0.05) is 35.5 Å². The van der Waals surface area contributed by atoms with Gasteiger partial charge in [-0.25, -0.2) is 4.68 Å². The summed E-state index contributed by atoms with van der Waals surface area (Å²) in [5.74, 6) is -2.33. The topological polar surface area (TPSA) is 148 Å². The molecule has 0 radical (unpaired) electrons. The maximum Gasteiger partial charge on any atom is 0.303 e. The molecule has 5 atom stereocenters. The standard InChI is InChI=1S/C25H32N4O8/c1-15(30)26-22-24(36-18(4)33)23(35-17(3)32)21(14-34-16(2)31)37-25(22)29-13-20(27-28-29)12-8-11-19-9-6-5-7-10-19/h5-7,9-10,13,21-25H,8,11-12,14H2,1-4H3,(H,26,30)/t21-,22-,23-,24-,25-/m1/s1. The van der Waals surface area contributed by atoms with Crippen molar-refractivity contribution in [3.8, 4) is 0 Å². The van der Waals surface area contributed by atoms with Crippen LogP contribution in [-0.4, -0.2) is 69.8 Å². The molecule has 3 rings (SSSR count). The first-order valence-corrected chi connectivity index (χ1v) is 12.0. The van der Waals surface area contributed by atoms with Gasteiger partial charge in [0.1, 0.15) is 18.8 Å². The summed E-state index contributed by atoms with van der Waals surface area (Å²) in [4.78, 5) is 47.5. The molecular formula is C25H32N4O8. The predicted octanol–water partition coefficient (Wildman–Crippen LogP) is 1.28. The van der Waals surface area contributed by atoms with Crippen LogP contribution in [0.2, 0.25) is 0 Å². The molecule has 0 saturated carbocycles. The Kier molecular flexibility index (Phi) is 9.72. The highest BCUT2D eigenvalue weighted by Crippen LogP contribution is 2.32. The zero-order valence-electron chi connectivity index (χ0n) is 21.3. The van der Waals surface area contributed by atoms with Gasteiger partial charge in [0.15, 0.2) is 18.4 Å². The van der Waals surface area contributed by atoms with Crippen LogP contribution in [0.5, 0.6) is 0 Å². The average Bonchev–Trinajstić information content (AvgIpc) is 3.29. The minimum absolute atomic E-state index is 0.285. The Hall–Kier alpha value is -3.80. The van der Waals surface area contributed by atoms with E-state index in [9.17, 15) is 19.2 Å². The molecule has 0 unspecified atom stereocenters. The lowest BCUT2D eigenvalue weighted by Crippen LogP contribution is -2.64. The highest BCUT2D eigenvalue weighted by atomic mass is 16.6. The molecule has 0 bridgehead atoms. The third kappa shape index (κ3) is 8.10. The minimum Gasteiger partial charge on any atom is -0.463 e. The van der Waals surface area contributed by atoms with Gasteiger partial charge in [0.25, 0.3) is 0 Å². The Morgan fingerprint density at radius 2 is 1.62 bits per heavy atom. The number of carbonyl (C=O) groups is 4. The number of hydrogen-bond acceptors (Lipinski definition) is 10. The molecule has 0 aliphatic carbocycles. The van der Waals surface area contributed by atoms with Crippen molar-refractivity contribution in [1.82, 2.24) is 20.3 Å². The molecule has 1 aromatic heterocycles. The van der Waals surface area contributed by atoms with E-state index in [4.69, 9.17) is 18.9 Å². The number of rotatable bonds is 10. The third-order valence-electron chi connectivity index (χ3n) is 5.65. The highest BCUT2D eigenvalue weighted by Gasteiger charge is 2.51. The van der Waals surface area contributed by atoms with E-state index in [1.807, 2.05) is 18.2 Å². The Balaban J connectivity index is 1.87. The fourth-order valence-corrected chi connectivity index (χ4v) is 4.21. The first-order valence-electron chi connectivity index (χ1n) is 12.0. The van der Waals surface area contributed by atoms with Crippen LogP contribution in [-0.2, 0) is 51.0 Å². The van der Waals surface area contributed by atoms with E-state index in [2.05, 4.69) is 27.8 Å². The van der Waals surface area contributed by atoms with E-state index in [-0.39, 0.29) is 6.61 Å². The quantitative estimate of drug-likeness (QED) is 0.362. The van der Waals surface area contributed by atoms with Crippen molar-refractivity contribution in [1.29, 1.82) is 0 Å². The van der Waals surface area contributed by atoms with Gasteiger partial charge in [-0.2, -0.15) is 0 Å². The fourth-order valence-electron chi connectivity index (χ4n) is 4.21. The van der Waals surface area contributed by atoms with Crippen molar-refractivity contribution >= 4 is 23.8 Å². The average molecular weight is 517 g/mol. The van der Waals surface area contributed by atoms with E-state index in [0.717, 1.165) is 12.8 Å². The third-order valence-corrected chi connectivity index (χ3v) is 5.65. The lowest BCUT2D eigenvalue weighted by molar-refractivity contribution is -0.239. The molecule has 12 heteroatoms. The summed E-state index contributed by atoms with van der Waals surface area (Å²) in [7, 11) is 0. The van der Waals surface area contributed by atoms with Crippen LogP contribution in [0, 0.1) is 0 Å². The molecule has 1 saturated heterocycles. The van der Waals surface area contributed by atoms with Crippen LogP contribution in [0.3, 0.4) is 0 Å². The lowest BCUT2D eigenvalue weighted by atomic mass is 9.95. The number of nitrogens with one attached hydrogen (secondary N) is 1. The number of aryl methyl sites for hydroxylation is 2. The largest absolute Gasteiger partial charge is 0.463 e. The molecular weight excluding hydrogens is 484 g/mol. The van der Waals surface area contributed by atoms with E-state index < -0.39 is 54.4 Å². The van der Waals surface area contributed by atoms with Crippen LogP contribution < -0.4 is 5.32 Å². The molecule has 1 fully saturated rings. The molecule has 1 aliphatic rings. The second-order valence-electron chi connectivity index (χ2n) is 8.77. The summed E-state index contributed by atoms with van der Waals surface area (Å²) in [5, 5.41) is 11.1. The zero-order chi connectivity index (χ0) is 26.9. The first-order chi connectivity index (χ1) is 17.6. The Labute approximate surface area is 214 Å².